The highest BCUT2D eigenvalue weighted by atomic mass is 79.9. The third kappa shape index (κ3) is 3.91. The summed E-state index contributed by atoms with van der Waals surface area (Å²) < 4.78 is 2.10. The summed E-state index contributed by atoms with van der Waals surface area (Å²) in [5.74, 6) is -0.867. The molecular weight excluding hydrogens is 454 g/mol. The number of phenolic OH excluding ortho intramolecular Hbond substituents is 1. The number of phenols is 1. The molecule has 1 aliphatic heterocycles. The molecule has 0 bridgehead atoms. The summed E-state index contributed by atoms with van der Waals surface area (Å²) in [6, 6.07) is 13.2. The van der Waals surface area contributed by atoms with Crippen LogP contribution < -0.4 is 5.32 Å². The number of hydrogen-bond acceptors (Lipinski definition) is 6. The Kier molecular flexibility index (Phi) is 5.51. The van der Waals surface area contributed by atoms with Gasteiger partial charge in [0.15, 0.2) is 11.8 Å². The molecule has 0 radical (unpaired) electrons. The Balaban J connectivity index is 1.52. The number of aromatic nitrogens is 3. The summed E-state index contributed by atoms with van der Waals surface area (Å²) >= 11 is 3.28. The molecule has 1 aliphatic rings. The van der Waals surface area contributed by atoms with E-state index in [0.29, 0.717) is 34.5 Å². The normalized spacial score (nSPS) is 14.1. The molecule has 1 unspecified atom stereocenters. The maximum atomic E-state index is 12.8. The largest absolute Gasteiger partial charge is 0.508 e. The summed E-state index contributed by atoms with van der Waals surface area (Å²) in [4.78, 5) is 27.0. The maximum Gasteiger partial charge on any atom is 0.278 e. The lowest BCUT2D eigenvalue weighted by atomic mass is 10.1. The van der Waals surface area contributed by atoms with Gasteiger partial charge in [-0.05, 0) is 39.7 Å². The molecule has 0 fully saturated rings. The van der Waals surface area contributed by atoms with Crippen molar-refractivity contribution in [3.63, 3.8) is 0 Å². The minimum atomic E-state index is -1.28. The molecule has 2 heterocycles. The molecule has 1 aromatic heterocycles. The number of carbonyl (C=O) groups excluding carboxylic acids is 2. The van der Waals surface area contributed by atoms with Crippen LogP contribution >= 0.6 is 15.9 Å². The van der Waals surface area contributed by atoms with Gasteiger partial charge in [-0.25, -0.2) is 4.68 Å². The molecule has 0 spiro atoms. The number of fused-ring (bicyclic) bond motifs is 1. The van der Waals surface area contributed by atoms with E-state index in [2.05, 4.69) is 31.6 Å². The zero-order valence-corrected chi connectivity index (χ0v) is 17.3. The van der Waals surface area contributed by atoms with Crippen LogP contribution in [0.25, 0.3) is 0 Å². The molecular formula is C20H18BrN5O4. The van der Waals surface area contributed by atoms with E-state index in [-0.39, 0.29) is 18.0 Å². The van der Waals surface area contributed by atoms with Gasteiger partial charge in [0.1, 0.15) is 5.75 Å². The van der Waals surface area contributed by atoms with Crippen LogP contribution in [0.5, 0.6) is 5.75 Å². The van der Waals surface area contributed by atoms with Crippen LogP contribution in [-0.4, -0.2) is 48.5 Å². The second-order valence-electron chi connectivity index (χ2n) is 6.80. The van der Waals surface area contributed by atoms with E-state index < -0.39 is 17.9 Å². The third-order valence-corrected chi connectivity index (χ3v) is 5.49. The average Bonchev–Trinajstić information content (AvgIpc) is 3.18. The van der Waals surface area contributed by atoms with Crippen molar-refractivity contribution in [3.05, 3.63) is 70.0 Å². The van der Waals surface area contributed by atoms with Crippen molar-refractivity contribution in [2.45, 2.75) is 19.2 Å². The van der Waals surface area contributed by atoms with Crippen molar-refractivity contribution in [1.82, 2.24) is 19.9 Å². The lowest BCUT2D eigenvalue weighted by Crippen LogP contribution is -2.41. The van der Waals surface area contributed by atoms with Gasteiger partial charge in [-0.3, -0.25) is 9.59 Å². The minimum absolute atomic E-state index is 0.0621. The van der Waals surface area contributed by atoms with Gasteiger partial charge in [0.2, 0.25) is 0 Å². The molecule has 0 saturated carbocycles. The molecule has 10 heteroatoms. The number of aliphatic hydroxyl groups is 1. The number of carbonyl (C=O) groups is 2. The molecule has 154 valence electrons. The summed E-state index contributed by atoms with van der Waals surface area (Å²) in [6.07, 6.45) is -1.28. The molecule has 3 N–H and O–H groups in total. The standard InChI is InChI=1S/C20H18BrN5O4/c21-14-10-13(27)6-7-15(14)22-19(29)17-16-11-25(8-9-26(16)24-23-17)20(30)18(28)12-4-2-1-3-5-12/h1-7,10,18,27-28H,8-9,11H2,(H,22,29). The number of amides is 2. The lowest BCUT2D eigenvalue weighted by Gasteiger charge is -2.29. The number of halogens is 1. The second-order valence-corrected chi connectivity index (χ2v) is 7.65. The predicted octanol–water partition coefficient (Wildman–Crippen LogP) is 2.07. The average molecular weight is 472 g/mol. The fourth-order valence-corrected chi connectivity index (χ4v) is 3.71. The molecule has 0 aliphatic carbocycles. The van der Waals surface area contributed by atoms with E-state index >= 15 is 0 Å². The Morgan fingerprint density at radius 1 is 1.13 bits per heavy atom. The molecule has 1 atom stereocenters. The van der Waals surface area contributed by atoms with E-state index in [4.69, 9.17) is 0 Å². The molecule has 2 aromatic carbocycles. The van der Waals surface area contributed by atoms with Crippen LogP contribution in [-0.2, 0) is 17.9 Å². The predicted molar refractivity (Wildman–Crippen MR) is 111 cm³/mol. The Morgan fingerprint density at radius 3 is 2.63 bits per heavy atom. The van der Waals surface area contributed by atoms with Crippen LogP contribution in [0.1, 0.15) is 27.8 Å². The second kappa shape index (κ2) is 8.25. The van der Waals surface area contributed by atoms with Gasteiger partial charge in [0.25, 0.3) is 11.8 Å². The van der Waals surface area contributed by atoms with Crippen molar-refractivity contribution >= 4 is 33.4 Å². The minimum Gasteiger partial charge on any atom is -0.508 e. The number of hydrogen-bond donors (Lipinski definition) is 3. The van der Waals surface area contributed by atoms with E-state index in [1.807, 2.05) is 6.07 Å². The molecule has 2 amide bonds. The highest BCUT2D eigenvalue weighted by molar-refractivity contribution is 9.10. The van der Waals surface area contributed by atoms with Crippen molar-refractivity contribution in [2.24, 2.45) is 0 Å². The first-order valence-corrected chi connectivity index (χ1v) is 9.97. The van der Waals surface area contributed by atoms with Gasteiger partial charge in [-0.2, -0.15) is 0 Å². The van der Waals surface area contributed by atoms with Crippen molar-refractivity contribution in [2.75, 3.05) is 11.9 Å². The third-order valence-electron chi connectivity index (χ3n) is 4.84. The van der Waals surface area contributed by atoms with Gasteiger partial charge in [0.05, 0.1) is 24.5 Å². The number of nitrogens with zero attached hydrogens (tertiary/aromatic N) is 4. The van der Waals surface area contributed by atoms with Crippen LogP contribution in [0.4, 0.5) is 5.69 Å². The first-order valence-electron chi connectivity index (χ1n) is 9.18. The molecule has 30 heavy (non-hydrogen) atoms. The maximum absolute atomic E-state index is 12.8. The fourth-order valence-electron chi connectivity index (χ4n) is 3.25. The summed E-state index contributed by atoms with van der Waals surface area (Å²) in [6.45, 7) is 0.824. The summed E-state index contributed by atoms with van der Waals surface area (Å²) in [5.41, 5.74) is 1.56. The van der Waals surface area contributed by atoms with E-state index in [1.54, 1.807) is 35.0 Å². The van der Waals surface area contributed by atoms with Gasteiger partial charge >= 0.3 is 0 Å². The zero-order valence-electron chi connectivity index (χ0n) is 15.7. The van der Waals surface area contributed by atoms with Crippen molar-refractivity contribution < 1.29 is 19.8 Å². The van der Waals surface area contributed by atoms with E-state index in [0.717, 1.165) is 0 Å². The Hall–Kier alpha value is -3.24. The molecule has 0 saturated heterocycles. The summed E-state index contributed by atoms with van der Waals surface area (Å²) in [5, 5.41) is 30.6. The van der Waals surface area contributed by atoms with Gasteiger partial charge in [-0.1, -0.05) is 35.5 Å². The number of anilines is 1. The van der Waals surface area contributed by atoms with Crippen molar-refractivity contribution in [3.8, 4) is 5.75 Å². The monoisotopic (exact) mass is 471 g/mol. The van der Waals surface area contributed by atoms with Gasteiger partial charge in [0, 0.05) is 11.0 Å². The fraction of sp³-hybridized carbons (Fsp3) is 0.200. The summed E-state index contributed by atoms with van der Waals surface area (Å²) in [7, 11) is 0. The highest BCUT2D eigenvalue weighted by Crippen LogP contribution is 2.27. The van der Waals surface area contributed by atoms with Crippen LogP contribution in [0.3, 0.4) is 0 Å². The van der Waals surface area contributed by atoms with E-state index in [1.165, 1.54) is 17.0 Å². The molecule has 9 nitrogen and oxygen atoms in total. The lowest BCUT2D eigenvalue weighted by molar-refractivity contribution is -0.142. The first kappa shape index (κ1) is 20.0. The number of benzene rings is 2. The van der Waals surface area contributed by atoms with Crippen LogP contribution in [0.2, 0.25) is 0 Å². The Bertz CT molecular complexity index is 1100. The number of aliphatic hydroxyl groups excluding tert-OH is 1. The van der Waals surface area contributed by atoms with Gasteiger partial charge in [-0.15, -0.1) is 5.10 Å². The SMILES string of the molecule is O=C(Nc1ccc(O)cc1Br)c1nnn2c1CN(C(=O)C(O)c1ccccc1)CC2. The quantitative estimate of drug-likeness (QED) is 0.500. The Labute approximate surface area is 180 Å². The smallest absolute Gasteiger partial charge is 0.278 e. The zero-order chi connectivity index (χ0) is 21.3. The highest BCUT2D eigenvalue weighted by Gasteiger charge is 2.31. The van der Waals surface area contributed by atoms with Crippen LogP contribution in [0, 0.1) is 0 Å². The topological polar surface area (TPSA) is 121 Å². The number of aromatic hydroxyl groups is 1. The molecule has 4 rings (SSSR count). The van der Waals surface area contributed by atoms with Gasteiger partial charge < -0.3 is 20.4 Å². The number of nitrogens with one attached hydrogen (secondary N) is 1. The Morgan fingerprint density at radius 2 is 1.90 bits per heavy atom. The number of rotatable bonds is 4. The van der Waals surface area contributed by atoms with E-state index in [9.17, 15) is 19.8 Å². The van der Waals surface area contributed by atoms with Crippen molar-refractivity contribution in [1.29, 1.82) is 0 Å². The first-order chi connectivity index (χ1) is 14.4. The van der Waals surface area contributed by atoms with Crippen LogP contribution in [0.15, 0.2) is 53.0 Å². The molecule has 3 aromatic rings.